The molecular weight excluding hydrogens is 292 g/mol. The van der Waals surface area contributed by atoms with Crippen LogP contribution in [0.5, 0.6) is 0 Å². The van der Waals surface area contributed by atoms with E-state index in [0.717, 1.165) is 25.0 Å². The molecule has 0 unspecified atom stereocenters. The average molecular weight is 302 g/mol. The van der Waals surface area contributed by atoms with Crippen LogP contribution in [-0.2, 0) is 10.3 Å². The fourth-order valence-electron chi connectivity index (χ4n) is 2.38. The van der Waals surface area contributed by atoms with Crippen LogP contribution < -0.4 is 0 Å². The Morgan fingerprint density at radius 3 is 2.53 bits per heavy atom. The first-order chi connectivity index (χ1) is 8.09. The molecule has 2 rings (SSSR count). The van der Waals surface area contributed by atoms with Gasteiger partial charge in [0.05, 0.1) is 4.47 Å². The summed E-state index contributed by atoms with van der Waals surface area (Å²) >= 11 is 2.96. The fraction of sp³-hybridized carbons (Fsp3) is 0.417. The van der Waals surface area contributed by atoms with Gasteiger partial charge in [-0.3, -0.25) is 0 Å². The third kappa shape index (κ3) is 2.17. The number of isocyanates is 1. The van der Waals surface area contributed by atoms with Crippen LogP contribution in [0, 0.1) is 11.6 Å². The average Bonchev–Trinajstić information content (AvgIpc) is 2.73. The molecule has 17 heavy (non-hydrogen) atoms. The number of hydrogen-bond donors (Lipinski definition) is 0. The number of aliphatic imine (C=N–C) groups is 1. The van der Waals surface area contributed by atoms with Crippen LogP contribution in [0.25, 0.3) is 0 Å². The van der Waals surface area contributed by atoms with Gasteiger partial charge in [-0.1, -0.05) is 12.8 Å². The van der Waals surface area contributed by atoms with E-state index in [9.17, 15) is 13.6 Å². The molecule has 2 nitrogen and oxygen atoms in total. The third-order valence-corrected chi connectivity index (χ3v) is 3.76. The zero-order valence-electron chi connectivity index (χ0n) is 8.97. The zero-order chi connectivity index (χ0) is 12.5. The van der Waals surface area contributed by atoms with Crippen LogP contribution in [0.15, 0.2) is 21.6 Å². The lowest BCUT2D eigenvalue weighted by molar-refractivity contribution is 0.425. The topological polar surface area (TPSA) is 29.4 Å². The molecule has 0 N–H and O–H groups in total. The van der Waals surface area contributed by atoms with Crippen molar-refractivity contribution in [2.75, 3.05) is 0 Å². The molecule has 0 aromatic heterocycles. The number of halogens is 3. The lowest BCUT2D eigenvalue weighted by Crippen LogP contribution is -2.21. The molecule has 0 radical (unpaired) electrons. The normalized spacial score (nSPS) is 17.8. The highest BCUT2D eigenvalue weighted by Gasteiger charge is 2.38. The number of nitrogens with zero attached hydrogens (tertiary/aromatic N) is 1. The SMILES string of the molecule is O=C=NC1(c2cc(F)cc(Br)c2F)CCCC1. The molecule has 0 heterocycles. The van der Waals surface area contributed by atoms with E-state index in [1.54, 1.807) is 0 Å². The molecule has 0 aliphatic heterocycles. The quantitative estimate of drug-likeness (QED) is 0.464. The molecule has 0 saturated heterocycles. The lowest BCUT2D eigenvalue weighted by Gasteiger charge is -2.23. The number of benzene rings is 1. The highest BCUT2D eigenvalue weighted by atomic mass is 79.9. The Hall–Kier alpha value is -1.06. The molecule has 5 heteroatoms. The Morgan fingerprint density at radius 2 is 1.94 bits per heavy atom. The van der Waals surface area contributed by atoms with Crippen molar-refractivity contribution in [2.24, 2.45) is 4.99 Å². The number of hydrogen-bond acceptors (Lipinski definition) is 2. The van der Waals surface area contributed by atoms with Crippen LogP contribution in [-0.4, -0.2) is 6.08 Å². The summed E-state index contributed by atoms with van der Waals surface area (Å²) in [6.07, 6.45) is 4.28. The number of rotatable bonds is 2. The Bertz CT molecular complexity index is 492. The summed E-state index contributed by atoms with van der Waals surface area (Å²) in [5.74, 6) is -1.09. The maximum absolute atomic E-state index is 14.0. The highest BCUT2D eigenvalue weighted by Crippen LogP contribution is 2.44. The van der Waals surface area contributed by atoms with E-state index in [1.807, 2.05) is 0 Å². The minimum Gasteiger partial charge on any atom is -0.211 e. The van der Waals surface area contributed by atoms with Gasteiger partial charge in [0.2, 0.25) is 6.08 Å². The van der Waals surface area contributed by atoms with Crippen LogP contribution >= 0.6 is 15.9 Å². The maximum Gasteiger partial charge on any atom is 0.235 e. The minimum atomic E-state index is -0.934. The predicted molar refractivity (Wildman–Crippen MR) is 62.3 cm³/mol. The van der Waals surface area contributed by atoms with Gasteiger partial charge in [0.15, 0.2) is 0 Å². The molecule has 1 aromatic rings. The van der Waals surface area contributed by atoms with E-state index >= 15 is 0 Å². The molecule has 0 bridgehead atoms. The van der Waals surface area contributed by atoms with Crippen molar-refractivity contribution in [3.05, 3.63) is 33.8 Å². The second-order valence-electron chi connectivity index (χ2n) is 4.19. The first-order valence-electron chi connectivity index (χ1n) is 5.33. The second-order valence-corrected chi connectivity index (χ2v) is 5.05. The largest absolute Gasteiger partial charge is 0.235 e. The van der Waals surface area contributed by atoms with Crippen LogP contribution in [0.3, 0.4) is 0 Å². The summed E-state index contributed by atoms with van der Waals surface area (Å²) in [5, 5.41) is 0. The smallest absolute Gasteiger partial charge is 0.211 e. The summed E-state index contributed by atoms with van der Waals surface area (Å²) in [5.41, 5.74) is -0.790. The number of carbonyl (C=O) groups excluding carboxylic acids is 1. The second kappa shape index (κ2) is 4.67. The summed E-state index contributed by atoms with van der Waals surface area (Å²) in [7, 11) is 0. The molecule has 0 amide bonds. The summed E-state index contributed by atoms with van der Waals surface area (Å²) in [4.78, 5) is 14.2. The van der Waals surface area contributed by atoms with E-state index in [0.29, 0.717) is 12.8 Å². The first-order valence-corrected chi connectivity index (χ1v) is 6.12. The molecule has 1 aliphatic carbocycles. The Balaban J connectivity index is 2.61. The van der Waals surface area contributed by atoms with Gasteiger partial charge in [-0.25, -0.2) is 13.6 Å². The maximum atomic E-state index is 14.0. The van der Waals surface area contributed by atoms with Crippen LogP contribution in [0.1, 0.15) is 31.2 Å². The van der Waals surface area contributed by atoms with E-state index in [-0.39, 0.29) is 10.0 Å². The Labute approximate surface area is 106 Å². The van der Waals surface area contributed by atoms with Gasteiger partial charge < -0.3 is 0 Å². The van der Waals surface area contributed by atoms with Gasteiger partial charge in [-0.2, -0.15) is 4.99 Å². The molecule has 1 saturated carbocycles. The van der Waals surface area contributed by atoms with Crippen LogP contribution in [0.4, 0.5) is 8.78 Å². The van der Waals surface area contributed by atoms with Gasteiger partial charge in [0.1, 0.15) is 17.2 Å². The summed E-state index contributed by atoms with van der Waals surface area (Å²) in [6.45, 7) is 0. The third-order valence-electron chi connectivity index (χ3n) is 3.18. The van der Waals surface area contributed by atoms with Crippen molar-refractivity contribution in [2.45, 2.75) is 31.2 Å². The van der Waals surface area contributed by atoms with Crippen LogP contribution in [0.2, 0.25) is 0 Å². The van der Waals surface area contributed by atoms with Gasteiger partial charge in [0, 0.05) is 5.56 Å². The summed E-state index contributed by atoms with van der Waals surface area (Å²) < 4.78 is 27.4. The van der Waals surface area contributed by atoms with Crippen molar-refractivity contribution in [1.82, 2.24) is 0 Å². The van der Waals surface area contributed by atoms with Gasteiger partial charge in [-0.15, -0.1) is 0 Å². The van der Waals surface area contributed by atoms with Crippen molar-refractivity contribution < 1.29 is 13.6 Å². The molecule has 1 fully saturated rings. The molecule has 90 valence electrons. The highest BCUT2D eigenvalue weighted by molar-refractivity contribution is 9.10. The van der Waals surface area contributed by atoms with E-state index in [1.165, 1.54) is 6.08 Å². The van der Waals surface area contributed by atoms with Crippen molar-refractivity contribution in [3.63, 3.8) is 0 Å². The monoisotopic (exact) mass is 301 g/mol. The lowest BCUT2D eigenvalue weighted by atomic mass is 9.88. The van der Waals surface area contributed by atoms with Crippen molar-refractivity contribution in [1.29, 1.82) is 0 Å². The van der Waals surface area contributed by atoms with Gasteiger partial charge >= 0.3 is 0 Å². The minimum absolute atomic E-state index is 0.0554. The van der Waals surface area contributed by atoms with Crippen molar-refractivity contribution >= 4 is 22.0 Å². The van der Waals surface area contributed by atoms with E-state index < -0.39 is 17.2 Å². The summed E-state index contributed by atoms with van der Waals surface area (Å²) in [6, 6.07) is 2.18. The molecular formula is C12H10BrF2NO. The van der Waals surface area contributed by atoms with Crippen molar-refractivity contribution in [3.8, 4) is 0 Å². The predicted octanol–water partition coefficient (Wildman–Crippen LogP) is 3.83. The van der Waals surface area contributed by atoms with E-state index in [2.05, 4.69) is 20.9 Å². The fourth-order valence-corrected chi connectivity index (χ4v) is 2.82. The first kappa shape index (κ1) is 12.4. The Morgan fingerprint density at radius 1 is 1.29 bits per heavy atom. The standard InChI is InChI=1S/C12H10BrF2NO/c13-10-6-8(14)5-9(11(10)15)12(16-7-17)3-1-2-4-12/h5-6H,1-4H2. The van der Waals surface area contributed by atoms with Gasteiger partial charge in [0.25, 0.3) is 0 Å². The molecule has 0 spiro atoms. The molecule has 1 aliphatic rings. The molecule has 0 atom stereocenters. The Kier molecular flexibility index (Phi) is 3.40. The van der Waals surface area contributed by atoms with E-state index in [4.69, 9.17) is 0 Å². The van der Waals surface area contributed by atoms with Gasteiger partial charge in [-0.05, 0) is 40.9 Å². The zero-order valence-corrected chi connectivity index (χ0v) is 10.6. The molecule has 1 aromatic carbocycles.